The molecule has 41 heavy (non-hydrogen) atoms. The van der Waals surface area contributed by atoms with Gasteiger partial charge in [0.05, 0.1) is 7.11 Å². The molecule has 1 aromatic rings. The van der Waals surface area contributed by atoms with Crippen LogP contribution in [-0.4, -0.2) is 67.5 Å². The standard InChI is InChI=1S/C29H45NO11/c1-11-12-18(2)36-25(32)37-19(3)17-30-21(24(31)35-10)15-20-13-14-22(38-26(33)40-28(4,5)6)23(16-20)39-27(34)41-29(7,8)9/h13-14,16,18-19,21,30H,11-12,15,17H2,1-10H3/t18?,19?,21-/m0/s1. The summed E-state index contributed by atoms with van der Waals surface area (Å²) in [6.07, 6.45) is -2.01. The molecule has 232 valence electrons. The molecule has 0 aliphatic heterocycles. The van der Waals surface area contributed by atoms with E-state index >= 15 is 0 Å². The monoisotopic (exact) mass is 583 g/mol. The van der Waals surface area contributed by atoms with Crippen LogP contribution >= 0.6 is 0 Å². The summed E-state index contributed by atoms with van der Waals surface area (Å²) in [5.74, 6) is -0.777. The van der Waals surface area contributed by atoms with E-state index in [1.54, 1.807) is 61.5 Å². The predicted octanol–water partition coefficient (Wildman–Crippen LogP) is 5.72. The lowest BCUT2D eigenvalue weighted by atomic mass is 10.0. The third kappa shape index (κ3) is 15.1. The number of methoxy groups -OCH3 is 1. The van der Waals surface area contributed by atoms with Gasteiger partial charge in [-0.3, -0.25) is 4.79 Å². The molecule has 0 bridgehead atoms. The van der Waals surface area contributed by atoms with Gasteiger partial charge < -0.3 is 38.5 Å². The van der Waals surface area contributed by atoms with Crippen molar-refractivity contribution in [2.24, 2.45) is 0 Å². The van der Waals surface area contributed by atoms with Crippen LogP contribution in [0, 0.1) is 0 Å². The van der Waals surface area contributed by atoms with Crippen LogP contribution in [0.5, 0.6) is 11.5 Å². The van der Waals surface area contributed by atoms with E-state index in [-0.39, 0.29) is 30.6 Å². The largest absolute Gasteiger partial charge is 0.514 e. The first-order chi connectivity index (χ1) is 18.9. The van der Waals surface area contributed by atoms with Gasteiger partial charge in [-0.2, -0.15) is 0 Å². The van der Waals surface area contributed by atoms with Gasteiger partial charge in [0.1, 0.15) is 29.5 Å². The lowest BCUT2D eigenvalue weighted by Crippen LogP contribution is -2.43. The second-order valence-corrected chi connectivity index (χ2v) is 11.5. The average Bonchev–Trinajstić information content (AvgIpc) is 2.80. The highest BCUT2D eigenvalue weighted by Crippen LogP contribution is 2.31. The van der Waals surface area contributed by atoms with Crippen molar-refractivity contribution in [1.82, 2.24) is 5.32 Å². The zero-order chi connectivity index (χ0) is 31.4. The molecule has 0 aliphatic rings. The molecule has 0 heterocycles. The van der Waals surface area contributed by atoms with Crippen LogP contribution in [0.3, 0.4) is 0 Å². The Kier molecular flexibility index (Phi) is 13.9. The highest BCUT2D eigenvalue weighted by Gasteiger charge is 2.26. The van der Waals surface area contributed by atoms with E-state index in [1.807, 2.05) is 6.92 Å². The van der Waals surface area contributed by atoms with Gasteiger partial charge in [0.2, 0.25) is 0 Å². The van der Waals surface area contributed by atoms with Crippen LogP contribution in [0.1, 0.15) is 80.7 Å². The van der Waals surface area contributed by atoms with Crippen LogP contribution in [0.2, 0.25) is 0 Å². The van der Waals surface area contributed by atoms with Crippen molar-refractivity contribution in [3.8, 4) is 11.5 Å². The fourth-order valence-corrected chi connectivity index (χ4v) is 3.35. The Morgan fingerprint density at radius 1 is 0.805 bits per heavy atom. The predicted molar refractivity (Wildman–Crippen MR) is 149 cm³/mol. The highest BCUT2D eigenvalue weighted by molar-refractivity contribution is 5.76. The Morgan fingerprint density at radius 3 is 1.85 bits per heavy atom. The number of esters is 1. The molecule has 0 fully saturated rings. The minimum atomic E-state index is -1.02. The first-order valence-electron chi connectivity index (χ1n) is 13.6. The van der Waals surface area contributed by atoms with Crippen LogP contribution < -0.4 is 14.8 Å². The highest BCUT2D eigenvalue weighted by atomic mass is 16.8. The number of carbonyl (C=O) groups excluding carboxylic acids is 4. The van der Waals surface area contributed by atoms with Crippen LogP contribution in [0.25, 0.3) is 0 Å². The third-order valence-corrected chi connectivity index (χ3v) is 5.04. The quantitative estimate of drug-likeness (QED) is 0.182. The summed E-state index contributed by atoms with van der Waals surface area (Å²) in [5.41, 5.74) is -1.11. The lowest BCUT2D eigenvalue weighted by Gasteiger charge is -2.22. The zero-order valence-corrected chi connectivity index (χ0v) is 25.8. The van der Waals surface area contributed by atoms with E-state index < -0.39 is 47.8 Å². The topological polar surface area (TPSA) is 145 Å². The minimum absolute atomic E-state index is 0.0886. The third-order valence-electron chi connectivity index (χ3n) is 5.04. The Labute approximate surface area is 242 Å². The number of nitrogens with one attached hydrogen (secondary N) is 1. The maximum Gasteiger partial charge on any atom is 0.514 e. The first kappa shape index (κ1) is 35.5. The van der Waals surface area contributed by atoms with Gasteiger partial charge >= 0.3 is 24.4 Å². The van der Waals surface area contributed by atoms with Crippen LogP contribution in [-0.2, 0) is 34.9 Å². The van der Waals surface area contributed by atoms with Gasteiger partial charge in [0, 0.05) is 6.54 Å². The SMILES string of the molecule is CCCC(C)OC(=O)OC(C)CN[C@@H](Cc1ccc(OC(=O)OC(C)(C)C)c(OC(=O)OC(C)(C)C)c1)C(=O)OC. The molecule has 1 aromatic carbocycles. The average molecular weight is 584 g/mol. The van der Waals surface area contributed by atoms with E-state index in [2.05, 4.69) is 5.32 Å². The summed E-state index contributed by atoms with van der Waals surface area (Å²) < 4.78 is 36.4. The van der Waals surface area contributed by atoms with Gasteiger partial charge in [0.25, 0.3) is 0 Å². The van der Waals surface area contributed by atoms with E-state index in [4.69, 9.17) is 33.2 Å². The van der Waals surface area contributed by atoms with Crippen molar-refractivity contribution in [2.75, 3.05) is 13.7 Å². The summed E-state index contributed by atoms with van der Waals surface area (Å²) in [7, 11) is 1.25. The number of hydrogen-bond acceptors (Lipinski definition) is 12. The molecule has 0 saturated carbocycles. The number of ether oxygens (including phenoxy) is 7. The van der Waals surface area contributed by atoms with Crippen molar-refractivity contribution in [2.45, 2.75) is 111 Å². The summed E-state index contributed by atoms with van der Waals surface area (Å²) >= 11 is 0. The normalized spacial score (nSPS) is 13.7. The number of benzene rings is 1. The van der Waals surface area contributed by atoms with Gasteiger partial charge in [-0.15, -0.1) is 0 Å². The molecule has 2 unspecified atom stereocenters. The molecule has 12 nitrogen and oxygen atoms in total. The molecule has 0 aromatic heterocycles. The van der Waals surface area contributed by atoms with Crippen LogP contribution in [0.15, 0.2) is 18.2 Å². The van der Waals surface area contributed by atoms with Crippen molar-refractivity contribution in [3.63, 3.8) is 0 Å². The van der Waals surface area contributed by atoms with Gasteiger partial charge in [0.15, 0.2) is 11.5 Å². The number of carbonyl (C=O) groups is 4. The summed E-state index contributed by atoms with van der Waals surface area (Å²) in [5, 5.41) is 3.02. The Balaban J connectivity index is 3.07. The molecule has 0 spiro atoms. The van der Waals surface area contributed by atoms with E-state index in [0.29, 0.717) is 12.0 Å². The van der Waals surface area contributed by atoms with E-state index in [1.165, 1.54) is 19.2 Å². The van der Waals surface area contributed by atoms with Crippen molar-refractivity contribution < 1.29 is 52.3 Å². The molecule has 12 heteroatoms. The second-order valence-electron chi connectivity index (χ2n) is 11.5. The summed E-state index contributed by atoms with van der Waals surface area (Å²) in [6, 6.07) is 3.58. The Morgan fingerprint density at radius 2 is 1.34 bits per heavy atom. The first-order valence-corrected chi connectivity index (χ1v) is 13.6. The van der Waals surface area contributed by atoms with Crippen molar-refractivity contribution in [3.05, 3.63) is 23.8 Å². The maximum absolute atomic E-state index is 12.5. The zero-order valence-electron chi connectivity index (χ0n) is 25.8. The molecular weight excluding hydrogens is 538 g/mol. The van der Waals surface area contributed by atoms with Gasteiger partial charge in [-0.05, 0) is 85.9 Å². The lowest BCUT2D eigenvalue weighted by molar-refractivity contribution is -0.143. The molecule has 3 atom stereocenters. The fraction of sp³-hybridized carbons (Fsp3) is 0.655. The Hall–Kier alpha value is -3.54. The number of rotatable bonds is 12. The summed E-state index contributed by atoms with van der Waals surface area (Å²) in [4.78, 5) is 49.2. The molecule has 1 N–H and O–H groups in total. The van der Waals surface area contributed by atoms with E-state index in [0.717, 1.165) is 6.42 Å². The van der Waals surface area contributed by atoms with Gasteiger partial charge in [-0.25, -0.2) is 14.4 Å². The summed E-state index contributed by atoms with van der Waals surface area (Å²) in [6.45, 7) is 15.6. The molecular formula is C29H45NO11. The van der Waals surface area contributed by atoms with Crippen LogP contribution in [0.4, 0.5) is 14.4 Å². The van der Waals surface area contributed by atoms with Crippen molar-refractivity contribution in [1.29, 1.82) is 0 Å². The smallest absolute Gasteiger partial charge is 0.468 e. The maximum atomic E-state index is 12.5. The fourth-order valence-electron chi connectivity index (χ4n) is 3.35. The Bertz CT molecular complexity index is 1030. The molecule has 0 amide bonds. The molecule has 0 radical (unpaired) electrons. The molecule has 1 rings (SSSR count). The molecule has 0 saturated heterocycles. The second kappa shape index (κ2) is 16.0. The van der Waals surface area contributed by atoms with Gasteiger partial charge in [-0.1, -0.05) is 19.4 Å². The minimum Gasteiger partial charge on any atom is -0.468 e. The molecule has 0 aliphatic carbocycles. The van der Waals surface area contributed by atoms with Crippen molar-refractivity contribution >= 4 is 24.4 Å². The number of hydrogen-bond donors (Lipinski definition) is 1. The van der Waals surface area contributed by atoms with E-state index in [9.17, 15) is 19.2 Å².